The number of benzene rings is 3. The molecule has 37 heavy (non-hydrogen) atoms. The third kappa shape index (κ3) is 7.05. The van der Waals surface area contributed by atoms with Gasteiger partial charge in [0.15, 0.2) is 5.11 Å². The number of aromatic nitrogens is 3. The van der Waals surface area contributed by atoms with Gasteiger partial charge < -0.3 is 10.1 Å². The summed E-state index contributed by atoms with van der Waals surface area (Å²) < 4.78 is 5.71. The Labute approximate surface area is 227 Å². The summed E-state index contributed by atoms with van der Waals surface area (Å²) in [6, 6.07) is 18.7. The number of hydrogen-bond donors (Lipinski definition) is 2. The molecule has 0 spiro atoms. The van der Waals surface area contributed by atoms with Gasteiger partial charge in [-0.2, -0.15) is 4.80 Å². The number of carbonyl (C=O) groups excluding carboxylic acids is 1. The first-order valence-electron chi connectivity index (χ1n) is 12.3. The van der Waals surface area contributed by atoms with Crippen LogP contribution < -0.4 is 15.4 Å². The van der Waals surface area contributed by atoms with Gasteiger partial charge in [0.05, 0.1) is 23.0 Å². The largest absolute Gasteiger partial charge is 0.493 e. The van der Waals surface area contributed by atoms with Crippen LogP contribution >= 0.6 is 23.8 Å². The molecule has 1 heterocycles. The van der Waals surface area contributed by atoms with Crippen LogP contribution in [0.5, 0.6) is 5.75 Å². The number of anilines is 1. The molecule has 9 heteroatoms. The standard InChI is InChI=1S/C28H30ClN5O2S/c1-4-5-7-19-10-12-21(13-11-19)34-32-25-15-23(29)24(16-26(25)33-34)30-28(37)31-27(35)20-8-6-9-22(14-20)36-17-18(2)3/h6,8-16,18H,4-5,7,17H2,1-3H3,(H2,30,31,35,37). The third-order valence-electron chi connectivity index (χ3n) is 5.61. The molecule has 3 aromatic carbocycles. The van der Waals surface area contributed by atoms with Gasteiger partial charge in [0.2, 0.25) is 0 Å². The quantitative estimate of drug-likeness (QED) is 0.236. The number of aryl methyl sites for hydroxylation is 1. The van der Waals surface area contributed by atoms with E-state index in [2.05, 4.69) is 53.7 Å². The van der Waals surface area contributed by atoms with Gasteiger partial charge in [-0.3, -0.25) is 10.1 Å². The fourth-order valence-electron chi connectivity index (χ4n) is 3.64. The molecule has 0 fully saturated rings. The van der Waals surface area contributed by atoms with Crippen LogP contribution in [0.2, 0.25) is 5.02 Å². The summed E-state index contributed by atoms with van der Waals surface area (Å²) in [6.45, 7) is 6.89. The van der Waals surface area contributed by atoms with E-state index < -0.39 is 0 Å². The topological polar surface area (TPSA) is 81.1 Å². The van der Waals surface area contributed by atoms with Crippen molar-refractivity contribution in [2.45, 2.75) is 40.0 Å². The van der Waals surface area contributed by atoms with Crippen LogP contribution in [0.1, 0.15) is 49.5 Å². The molecule has 0 aliphatic heterocycles. The number of ether oxygens (including phenoxy) is 1. The average molecular weight is 536 g/mol. The van der Waals surface area contributed by atoms with E-state index >= 15 is 0 Å². The highest BCUT2D eigenvalue weighted by atomic mass is 35.5. The highest BCUT2D eigenvalue weighted by Crippen LogP contribution is 2.27. The number of unbranched alkanes of at least 4 members (excludes halogenated alkanes) is 1. The molecule has 1 amide bonds. The van der Waals surface area contributed by atoms with Crippen molar-refractivity contribution in [2.24, 2.45) is 5.92 Å². The number of nitrogens with zero attached hydrogens (tertiary/aromatic N) is 3. The van der Waals surface area contributed by atoms with Crippen molar-refractivity contribution in [3.63, 3.8) is 0 Å². The van der Waals surface area contributed by atoms with Gasteiger partial charge >= 0.3 is 0 Å². The molecule has 4 rings (SSSR count). The second-order valence-corrected chi connectivity index (χ2v) is 10.0. The van der Waals surface area contributed by atoms with Crippen LogP contribution in [0.25, 0.3) is 16.7 Å². The second-order valence-electron chi connectivity index (χ2n) is 9.22. The number of carbonyl (C=O) groups is 1. The van der Waals surface area contributed by atoms with Crippen molar-refractivity contribution < 1.29 is 9.53 Å². The summed E-state index contributed by atoms with van der Waals surface area (Å²) in [5, 5.41) is 15.4. The zero-order chi connectivity index (χ0) is 26.4. The van der Waals surface area contributed by atoms with Crippen LogP contribution in [-0.2, 0) is 6.42 Å². The predicted molar refractivity (Wildman–Crippen MR) is 153 cm³/mol. The fourth-order valence-corrected chi connectivity index (χ4v) is 4.05. The molecule has 0 saturated carbocycles. The highest BCUT2D eigenvalue weighted by Gasteiger charge is 2.13. The van der Waals surface area contributed by atoms with Crippen molar-refractivity contribution in [2.75, 3.05) is 11.9 Å². The van der Waals surface area contributed by atoms with Crippen LogP contribution in [-0.4, -0.2) is 32.6 Å². The first-order chi connectivity index (χ1) is 17.8. The lowest BCUT2D eigenvalue weighted by atomic mass is 10.1. The van der Waals surface area contributed by atoms with E-state index in [1.807, 2.05) is 18.2 Å². The zero-order valence-electron chi connectivity index (χ0n) is 21.1. The van der Waals surface area contributed by atoms with Crippen LogP contribution in [0, 0.1) is 5.92 Å². The monoisotopic (exact) mass is 535 g/mol. The zero-order valence-corrected chi connectivity index (χ0v) is 22.7. The molecule has 0 aliphatic carbocycles. The van der Waals surface area contributed by atoms with Gasteiger partial charge in [-0.1, -0.05) is 57.0 Å². The minimum absolute atomic E-state index is 0.120. The lowest BCUT2D eigenvalue weighted by Crippen LogP contribution is -2.34. The van der Waals surface area contributed by atoms with Crippen LogP contribution in [0.3, 0.4) is 0 Å². The molecule has 192 valence electrons. The Kier molecular flexibility index (Phi) is 8.74. The summed E-state index contributed by atoms with van der Waals surface area (Å²) in [7, 11) is 0. The molecule has 0 radical (unpaired) electrons. The molecule has 0 saturated heterocycles. The molecule has 0 bridgehead atoms. The molecule has 4 aromatic rings. The minimum atomic E-state index is -0.349. The van der Waals surface area contributed by atoms with Crippen molar-refractivity contribution in [3.8, 4) is 11.4 Å². The molecule has 1 aromatic heterocycles. The molecular formula is C28H30ClN5O2S. The van der Waals surface area contributed by atoms with Crippen LogP contribution in [0.4, 0.5) is 5.69 Å². The number of thiocarbonyl (C=S) groups is 1. The molecule has 0 unspecified atom stereocenters. The van der Waals surface area contributed by atoms with Gasteiger partial charge in [0, 0.05) is 5.56 Å². The average Bonchev–Trinajstić information content (AvgIpc) is 3.29. The molecular weight excluding hydrogens is 506 g/mol. The summed E-state index contributed by atoms with van der Waals surface area (Å²) in [5.41, 5.74) is 4.42. The Morgan fingerprint density at radius 1 is 1.08 bits per heavy atom. The van der Waals surface area contributed by atoms with E-state index in [0.717, 1.165) is 12.1 Å². The first kappa shape index (κ1) is 26.6. The Balaban J connectivity index is 1.44. The minimum Gasteiger partial charge on any atom is -0.493 e. The van der Waals surface area contributed by atoms with Gasteiger partial charge in [-0.15, -0.1) is 10.2 Å². The maximum atomic E-state index is 12.7. The van der Waals surface area contributed by atoms with Gasteiger partial charge in [-0.05, 0) is 79.0 Å². The summed E-state index contributed by atoms with van der Waals surface area (Å²) in [4.78, 5) is 14.3. The number of amides is 1. The highest BCUT2D eigenvalue weighted by molar-refractivity contribution is 7.80. The number of fused-ring (bicyclic) bond motifs is 1. The number of hydrogen-bond acceptors (Lipinski definition) is 5. The normalized spacial score (nSPS) is 11.1. The first-order valence-corrected chi connectivity index (χ1v) is 13.1. The third-order valence-corrected chi connectivity index (χ3v) is 6.13. The number of halogens is 1. The van der Waals surface area contributed by atoms with Crippen molar-refractivity contribution in [3.05, 3.63) is 76.8 Å². The Bertz CT molecular complexity index is 1400. The predicted octanol–water partition coefficient (Wildman–Crippen LogP) is 6.58. The van der Waals surface area contributed by atoms with Gasteiger partial charge in [0.1, 0.15) is 16.8 Å². The maximum absolute atomic E-state index is 12.7. The molecule has 7 nitrogen and oxygen atoms in total. The van der Waals surface area contributed by atoms with Crippen molar-refractivity contribution >= 4 is 51.6 Å². The SMILES string of the molecule is CCCCc1ccc(-n2nc3cc(Cl)c(NC(=S)NC(=O)c4cccc(OCC(C)C)c4)cc3n2)cc1. The molecule has 2 N–H and O–H groups in total. The lowest BCUT2D eigenvalue weighted by molar-refractivity contribution is 0.0977. The van der Waals surface area contributed by atoms with E-state index in [-0.39, 0.29) is 11.0 Å². The summed E-state index contributed by atoms with van der Waals surface area (Å²) in [5.74, 6) is 0.666. The smallest absolute Gasteiger partial charge is 0.257 e. The second kappa shape index (κ2) is 12.2. The van der Waals surface area contributed by atoms with E-state index in [0.29, 0.717) is 45.6 Å². The van der Waals surface area contributed by atoms with E-state index in [1.54, 1.807) is 35.1 Å². The van der Waals surface area contributed by atoms with Gasteiger partial charge in [0.25, 0.3) is 5.91 Å². The fraction of sp³-hybridized carbons (Fsp3) is 0.286. The summed E-state index contributed by atoms with van der Waals surface area (Å²) >= 11 is 11.8. The Morgan fingerprint density at radius 2 is 1.81 bits per heavy atom. The number of nitrogens with one attached hydrogen (secondary N) is 2. The van der Waals surface area contributed by atoms with E-state index in [4.69, 9.17) is 28.6 Å². The van der Waals surface area contributed by atoms with Crippen molar-refractivity contribution in [1.29, 1.82) is 0 Å². The maximum Gasteiger partial charge on any atom is 0.257 e. The van der Waals surface area contributed by atoms with E-state index in [9.17, 15) is 4.79 Å². The molecule has 0 atom stereocenters. The Morgan fingerprint density at radius 3 is 2.51 bits per heavy atom. The lowest BCUT2D eigenvalue weighted by Gasteiger charge is -2.12. The van der Waals surface area contributed by atoms with E-state index in [1.165, 1.54) is 18.4 Å². The van der Waals surface area contributed by atoms with Crippen molar-refractivity contribution in [1.82, 2.24) is 20.3 Å². The van der Waals surface area contributed by atoms with Gasteiger partial charge in [-0.25, -0.2) is 0 Å². The van der Waals surface area contributed by atoms with Crippen LogP contribution in [0.15, 0.2) is 60.7 Å². The Hall–Kier alpha value is -3.49. The molecule has 0 aliphatic rings. The number of rotatable bonds is 9. The summed E-state index contributed by atoms with van der Waals surface area (Å²) in [6.07, 6.45) is 3.39.